The van der Waals surface area contributed by atoms with Crippen LogP contribution in [0.1, 0.15) is 32.1 Å². The lowest BCUT2D eigenvalue weighted by Crippen LogP contribution is -2.23. The highest BCUT2D eigenvalue weighted by Gasteiger charge is 2.16. The van der Waals surface area contributed by atoms with Gasteiger partial charge in [0.2, 0.25) is 5.95 Å². The second-order valence-corrected chi connectivity index (χ2v) is 6.50. The molecule has 1 aliphatic carbocycles. The van der Waals surface area contributed by atoms with E-state index in [1.165, 1.54) is 25.3 Å². The van der Waals surface area contributed by atoms with Gasteiger partial charge in [-0.25, -0.2) is 9.37 Å². The molecule has 2 N–H and O–H groups in total. The molecule has 0 radical (unpaired) electrons. The van der Waals surface area contributed by atoms with Crippen molar-refractivity contribution in [3.05, 3.63) is 54.3 Å². The third-order valence-electron chi connectivity index (χ3n) is 4.67. The summed E-state index contributed by atoms with van der Waals surface area (Å²) in [7, 11) is 0. The molecule has 0 bridgehead atoms. The maximum Gasteiger partial charge on any atom is 0.229 e. The van der Waals surface area contributed by atoms with Crippen molar-refractivity contribution in [3.8, 4) is 0 Å². The molecule has 1 fully saturated rings. The predicted molar refractivity (Wildman–Crippen MR) is 99.7 cm³/mol. The third kappa shape index (κ3) is 3.55. The maximum absolute atomic E-state index is 13.9. The molecule has 2 aromatic carbocycles. The van der Waals surface area contributed by atoms with Crippen LogP contribution in [0.15, 0.2) is 48.5 Å². The summed E-state index contributed by atoms with van der Waals surface area (Å²) in [5, 5.41) is 7.58. The number of para-hydroxylation sites is 2. The number of halogens is 1. The van der Waals surface area contributed by atoms with Crippen molar-refractivity contribution in [2.45, 2.75) is 38.1 Å². The first kappa shape index (κ1) is 15.8. The lowest BCUT2D eigenvalue weighted by Gasteiger charge is -2.24. The van der Waals surface area contributed by atoms with Crippen molar-refractivity contribution in [2.24, 2.45) is 0 Å². The number of nitrogens with one attached hydrogen (secondary N) is 2. The molecule has 4 nitrogen and oxygen atoms in total. The minimum Gasteiger partial charge on any atom is -0.367 e. The van der Waals surface area contributed by atoms with E-state index >= 15 is 0 Å². The molecule has 0 unspecified atom stereocenters. The van der Waals surface area contributed by atoms with Gasteiger partial charge < -0.3 is 10.6 Å². The Morgan fingerprint density at radius 3 is 2.48 bits per heavy atom. The fraction of sp³-hybridized carbons (Fsp3) is 0.300. The van der Waals surface area contributed by atoms with Crippen LogP contribution in [0.5, 0.6) is 0 Å². The Labute approximate surface area is 146 Å². The molecule has 0 saturated heterocycles. The second kappa shape index (κ2) is 7.05. The van der Waals surface area contributed by atoms with E-state index in [4.69, 9.17) is 0 Å². The summed E-state index contributed by atoms with van der Waals surface area (Å²) in [4.78, 5) is 9.17. The van der Waals surface area contributed by atoms with Crippen molar-refractivity contribution in [3.63, 3.8) is 0 Å². The summed E-state index contributed by atoms with van der Waals surface area (Å²) in [5.41, 5.74) is 1.22. The van der Waals surface area contributed by atoms with Gasteiger partial charge in [0.1, 0.15) is 11.6 Å². The summed E-state index contributed by atoms with van der Waals surface area (Å²) in [5.74, 6) is 0.902. The lowest BCUT2D eigenvalue weighted by molar-refractivity contribution is 0.462. The Balaban J connectivity index is 1.69. The summed E-state index contributed by atoms with van der Waals surface area (Å²) in [6.07, 6.45) is 6.13. The molecule has 0 amide bonds. The van der Waals surface area contributed by atoms with Gasteiger partial charge >= 0.3 is 0 Å². The van der Waals surface area contributed by atoms with Crippen molar-refractivity contribution >= 4 is 28.4 Å². The number of rotatable bonds is 4. The second-order valence-electron chi connectivity index (χ2n) is 6.50. The van der Waals surface area contributed by atoms with Gasteiger partial charge in [0.05, 0.1) is 11.2 Å². The van der Waals surface area contributed by atoms with Gasteiger partial charge in [0.15, 0.2) is 0 Å². The van der Waals surface area contributed by atoms with Gasteiger partial charge in [-0.2, -0.15) is 4.98 Å². The Morgan fingerprint density at radius 2 is 1.64 bits per heavy atom. The average molecular weight is 336 g/mol. The fourth-order valence-electron chi connectivity index (χ4n) is 3.37. The highest BCUT2D eigenvalue weighted by molar-refractivity contribution is 5.90. The molecule has 1 heterocycles. The zero-order chi connectivity index (χ0) is 17.1. The number of nitrogens with zero attached hydrogens (tertiary/aromatic N) is 2. The first-order chi connectivity index (χ1) is 12.3. The summed E-state index contributed by atoms with van der Waals surface area (Å²) in [6.45, 7) is 0. The van der Waals surface area contributed by atoms with Crippen LogP contribution in [0.3, 0.4) is 0 Å². The SMILES string of the molecule is Fc1ccccc1Nc1nc(NC2CCCCC2)c2ccccc2n1. The number of hydrogen-bond acceptors (Lipinski definition) is 4. The molecule has 0 spiro atoms. The van der Waals surface area contributed by atoms with Crippen molar-refractivity contribution < 1.29 is 4.39 Å². The minimum atomic E-state index is -0.318. The average Bonchev–Trinajstić information content (AvgIpc) is 2.65. The molecular weight excluding hydrogens is 315 g/mol. The number of hydrogen-bond donors (Lipinski definition) is 2. The van der Waals surface area contributed by atoms with Gasteiger partial charge in [-0.1, -0.05) is 43.5 Å². The number of aromatic nitrogens is 2. The monoisotopic (exact) mass is 336 g/mol. The van der Waals surface area contributed by atoms with Gasteiger partial charge in [0.25, 0.3) is 0 Å². The smallest absolute Gasteiger partial charge is 0.229 e. The molecular formula is C20H21FN4. The number of benzene rings is 2. The zero-order valence-electron chi connectivity index (χ0n) is 14.0. The standard InChI is InChI=1S/C20H21FN4/c21-16-11-5-7-13-18(16)24-20-23-17-12-6-4-10-15(17)19(25-20)22-14-8-2-1-3-9-14/h4-7,10-14H,1-3,8-9H2,(H2,22,23,24,25). The molecule has 0 aliphatic heterocycles. The molecule has 1 aliphatic rings. The lowest BCUT2D eigenvalue weighted by atomic mass is 9.95. The Hall–Kier alpha value is -2.69. The van der Waals surface area contributed by atoms with Crippen molar-refractivity contribution in [1.29, 1.82) is 0 Å². The quantitative estimate of drug-likeness (QED) is 0.682. The topological polar surface area (TPSA) is 49.8 Å². The molecule has 5 heteroatoms. The largest absolute Gasteiger partial charge is 0.367 e. The van der Waals surface area contributed by atoms with E-state index in [1.54, 1.807) is 18.2 Å². The highest BCUT2D eigenvalue weighted by atomic mass is 19.1. The Bertz CT molecular complexity index is 874. The first-order valence-electron chi connectivity index (χ1n) is 8.84. The van der Waals surface area contributed by atoms with Crippen LogP contribution < -0.4 is 10.6 Å². The molecule has 25 heavy (non-hydrogen) atoms. The van der Waals surface area contributed by atoms with E-state index in [9.17, 15) is 4.39 Å². The van der Waals surface area contributed by atoms with Crippen LogP contribution in [0.4, 0.5) is 21.8 Å². The van der Waals surface area contributed by atoms with Gasteiger partial charge in [0, 0.05) is 11.4 Å². The van der Waals surface area contributed by atoms with E-state index in [0.29, 0.717) is 17.7 Å². The highest BCUT2D eigenvalue weighted by Crippen LogP contribution is 2.27. The Morgan fingerprint density at radius 1 is 0.880 bits per heavy atom. The number of fused-ring (bicyclic) bond motifs is 1. The van der Waals surface area contributed by atoms with Gasteiger partial charge in [-0.3, -0.25) is 0 Å². The first-order valence-corrected chi connectivity index (χ1v) is 8.84. The number of anilines is 3. The molecule has 128 valence electrons. The van der Waals surface area contributed by atoms with Gasteiger partial charge in [-0.15, -0.1) is 0 Å². The van der Waals surface area contributed by atoms with Crippen molar-refractivity contribution in [2.75, 3.05) is 10.6 Å². The fourth-order valence-corrected chi connectivity index (χ4v) is 3.37. The maximum atomic E-state index is 13.9. The van der Waals surface area contributed by atoms with E-state index in [0.717, 1.165) is 29.6 Å². The van der Waals surface area contributed by atoms with Crippen molar-refractivity contribution in [1.82, 2.24) is 9.97 Å². The molecule has 0 atom stereocenters. The Kier molecular flexibility index (Phi) is 4.46. The third-order valence-corrected chi connectivity index (χ3v) is 4.67. The molecule has 1 saturated carbocycles. The van der Waals surface area contributed by atoms with Gasteiger partial charge in [-0.05, 0) is 37.1 Å². The normalized spacial score (nSPS) is 15.2. The van der Waals surface area contributed by atoms with Crippen LogP contribution in [0.2, 0.25) is 0 Å². The van der Waals surface area contributed by atoms with Crippen LogP contribution in [0, 0.1) is 5.82 Å². The van der Waals surface area contributed by atoms with Crippen LogP contribution in [-0.4, -0.2) is 16.0 Å². The summed E-state index contributed by atoms with van der Waals surface area (Å²) >= 11 is 0. The van der Waals surface area contributed by atoms with E-state index in [2.05, 4.69) is 20.6 Å². The van der Waals surface area contributed by atoms with E-state index in [-0.39, 0.29) is 5.82 Å². The molecule has 1 aromatic heterocycles. The summed E-state index contributed by atoms with van der Waals surface area (Å²) in [6, 6.07) is 14.9. The van der Waals surface area contributed by atoms with Crippen LogP contribution in [0.25, 0.3) is 10.9 Å². The summed E-state index contributed by atoms with van der Waals surface area (Å²) < 4.78 is 13.9. The molecule has 4 rings (SSSR count). The zero-order valence-corrected chi connectivity index (χ0v) is 14.0. The minimum absolute atomic E-state index is 0.318. The van der Waals surface area contributed by atoms with Crippen LogP contribution in [-0.2, 0) is 0 Å². The van der Waals surface area contributed by atoms with Crippen LogP contribution >= 0.6 is 0 Å². The van der Waals surface area contributed by atoms with E-state index < -0.39 is 0 Å². The molecule has 3 aromatic rings. The van der Waals surface area contributed by atoms with E-state index in [1.807, 2.05) is 24.3 Å². The predicted octanol–water partition coefficient (Wildman–Crippen LogP) is 5.26.